The number of aliphatic hydroxyl groups is 1. The first-order valence-electron chi connectivity index (χ1n) is 7.85. The fraction of sp³-hybridized carbons (Fsp3) is 0.316. The van der Waals surface area contributed by atoms with Gasteiger partial charge in [0.2, 0.25) is 5.78 Å². The van der Waals surface area contributed by atoms with E-state index in [2.05, 4.69) is 0 Å². The number of Topliss-reactive ketones (excluding diaryl/α,β-unsaturated/α-hetero) is 1. The first-order valence-corrected chi connectivity index (χ1v) is 7.85. The quantitative estimate of drug-likeness (QED) is 0.818. The number of benzene rings is 2. The van der Waals surface area contributed by atoms with Crippen molar-refractivity contribution in [3.8, 4) is 17.2 Å². The molecule has 0 unspecified atom stereocenters. The number of fused-ring (bicyclic) bond motifs is 1. The van der Waals surface area contributed by atoms with E-state index in [0.717, 1.165) is 0 Å². The predicted molar refractivity (Wildman–Crippen MR) is 91.6 cm³/mol. The number of hydrogen-bond acceptors (Lipinski definition) is 7. The van der Waals surface area contributed by atoms with Crippen molar-refractivity contribution in [3.63, 3.8) is 0 Å². The van der Waals surface area contributed by atoms with Crippen molar-refractivity contribution >= 4 is 5.78 Å². The lowest BCUT2D eigenvalue weighted by atomic mass is 9.86. The minimum Gasteiger partial charge on any atom is -0.493 e. The van der Waals surface area contributed by atoms with Crippen LogP contribution in [0.2, 0.25) is 0 Å². The highest BCUT2D eigenvalue weighted by atomic mass is 16.8. The number of rotatable bonds is 5. The van der Waals surface area contributed by atoms with Gasteiger partial charge in [0, 0.05) is 19.8 Å². The minimum atomic E-state index is -2.41. The molecule has 0 bridgehead atoms. The van der Waals surface area contributed by atoms with Crippen LogP contribution in [0.25, 0.3) is 0 Å². The van der Waals surface area contributed by atoms with Gasteiger partial charge in [-0.15, -0.1) is 0 Å². The standard InChI is InChI=1S/C19H20O7/c1-22-15-10-9-12(11-16(15)23-2)19(25-4)18(21,24-3)17(20)13-7-5-6-8-14(13)26-19/h5-11,21H,1-4H3/t18-,19+/m0/s1. The van der Waals surface area contributed by atoms with E-state index in [-0.39, 0.29) is 11.3 Å². The normalized spacial score (nSPS) is 24.6. The summed E-state index contributed by atoms with van der Waals surface area (Å²) in [7, 11) is 5.52. The average molecular weight is 360 g/mol. The number of ketones is 1. The SMILES string of the molecule is COc1ccc([C@@]2(OC)Oc3ccccc3C(=O)[C@]2(O)OC)cc1OC. The molecule has 7 heteroatoms. The van der Waals surface area contributed by atoms with Crippen molar-refractivity contribution in [1.29, 1.82) is 0 Å². The number of hydrogen-bond donors (Lipinski definition) is 1. The summed E-state index contributed by atoms with van der Waals surface area (Å²) in [4.78, 5) is 13.0. The van der Waals surface area contributed by atoms with Crippen LogP contribution >= 0.6 is 0 Å². The van der Waals surface area contributed by atoms with E-state index in [0.29, 0.717) is 17.1 Å². The van der Waals surface area contributed by atoms with Crippen molar-refractivity contribution in [2.24, 2.45) is 0 Å². The highest BCUT2D eigenvalue weighted by Gasteiger charge is 2.64. The number of methoxy groups -OCH3 is 4. The molecule has 1 heterocycles. The van der Waals surface area contributed by atoms with Gasteiger partial charge in [0.15, 0.2) is 11.5 Å². The molecule has 3 rings (SSSR count). The number of para-hydroxylation sites is 1. The highest BCUT2D eigenvalue weighted by molar-refractivity contribution is 6.05. The zero-order chi connectivity index (χ0) is 18.9. The molecule has 0 fully saturated rings. The molecular formula is C19H20O7. The lowest BCUT2D eigenvalue weighted by Gasteiger charge is -2.46. The molecule has 2 atom stereocenters. The van der Waals surface area contributed by atoms with E-state index in [4.69, 9.17) is 23.7 Å². The van der Waals surface area contributed by atoms with Crippen molar-refractivity contribution in [2.45, 2.75) is 11.6 Å². The Kier molecular flexibility index (Phi) is 4.62. The summed E-state index contributed by atoms with van der Waals surface area (Å²) in [6, 6.07) is 11.4. The molecule has 0 saturated carbocycles. The Bertz CT molecular complexity index is 834. The Labute approximate surface area is 151 Å². The largest absolute Gasteiger partial charge is 0.493 e. The van der Waals surface area contributed by atoms with E-state index in [1.807, 2.05) is 0 Å². The molecule has 138 valence electrons. The molecule has 26 heavy (non-hydrogen) atoms. The summed E-state index contributed by atoms with van der Waals surface area (Å²) in [6.07, 6.45) is 0. The summed E-state index contributed by atoms with van der Waals surface area (Å²) in [6.45, 7) is 0. The van der Waals surface area contributed by atoms with Crippen molar-refractivity contribution in [2.75, 3.05) is 28.4 Å². The number of ether oxygens (including phenoxy) is 5. The second kappa shape index (κ2) is 6.60. The van der Waals surface area contributed by atoms with Crippen LogP contribution in [-0.2, 0) is 15.3 Å². The lowest BCUT2D eigenvalue weighted by molar-refractivity contribution is -0.346. The summed E-state index contributed by atoms with van der Waals surface area (Å²) in [5, 5.41) is 11.2. The highest BCUT2D eigenvalue weighted by Crippen LogP contribution is 2.48. The maximum Gasteiger partial charge on any atom is 0.304 e. The number of carbonyl (C=O) groups excluding carboxylic acids is 1. The van der Waals surface area contributed by atoms with Gasteiger partial charge in [0.05, 0.1) is 19.8 Å². The van der Waals surface area contributed by atoms with Crippen LogP contribution < -0.4 is 14.2 Å². The van der Waals surface area contributed by atoms with Crippen LogP contribution in [-0.4, -0.2) is 45.1 Å². The monoisotopic (exact) mass is 360 g/mol. The van der Waals surface area contributed by atoms with E-state index >= 15 is 0 Å². The first-order chi connectivity index (χ1) is 12.5. The summed E-state index contributed by atoms with van der Waals surface area (Å²) in [5.41, 5.74) is 0.523. The molecular weight excluding hydrogens is 340 g/mol. The molecule has 0 amide bonds. The van der Waals surface area contributed by atoms with Gasteiger partial charge in [-0.3, -0.25) is 4.79 Å². The van der Waals surface area contributed by atoms with E-state index < -0.39 is 17.4 Å². The van der Waals surface area contributed by atoms with Gasteiger partial charge in [0.1, 0.15) is 5.75 Å². The molecule has 1 aliphatic rings. The van der Waals surface area contributed by atoms with Crippen LogP contribution in [0.4, 0.5) is 0 Å². The van der Waals surface area contributed by atoms with Gasteiger partial charge < -0.3 is 28.8 Å². The van der Waals surface area contributed by atoms with Crippen LogP contribution in [0, 0.1) is 0 Å². The van der Waals surface area contributed by atoms with Crippen LogP contribution in [0.1, 0.15) is 15.9 Å². The zero-order valence-electron chi connectivity index (χ0n) is 14.9. The van der Waals surface area contributed by atoms with Gasteiger partial charge in [-0.2, -0.15) is 0 Å². The smallest absolute Gasteiger partial charge is 0.304 e. The summed E-state index contributed by atoms with van der Waals surface area (Å²) < 4.78 is 27.3. The third-order valence-electron chi connectivity index (χ3n) is 4.49. The molecule has 0 radical (unpaired) electrons. The van der Waals surface area contributed by atoms with Crippen molar-refractivity contribution in [3.05, 3.63) is 53.6 Å². The molecule has 1 N–H and O–H groups in total. The Hall–Kier alpha value is -2.61. The maximum absolute atomic E-state index is 13.0. The van der Waals surface area contributed by atoms with E-state index in [1.54, 1.807) is 42.5 Å². The second-order valence-electron chi connectivity index (χ2n) is 5.67. The molecule has 0 spiro atoms. The van der Waals surface area contributed by atoms with Crippen molar-refractivity contribution < 1.29 is 33.6 Å². The third-order valence-corrected chi connectivity index (χ3v) is 4.49. The average Bonchev–Trinajstić information content (AvgIpc) is 2.70. The molecule has 1 aliphatic heterocycles. The molecule has 0 aromatic heterocycles. The minimum absolute atomic E-state index is 0.199. The molecule has 7 nitrogen and oxygen atoms in total. The Morgan fingerprint density at radius 1 is 0.923 bits per heavy atom. The first kappa shape index (κ1) is 18.2. The zero-order valence-corrected chi connectivity index (χ0v) is 14.9. The van der Waals surface area contributed by atoms with Gasteiger partial charge in [-0.05, 0) is 30.3 Å². The molecule has 2 aromatic rings. The van der Waals surface area contributed by atoms with E-state index in [1.165, 1.54) is 28.4 Å². The fourth-order valence-corrected chi connectivity index (χ4v) is 3.12. The van der Waals surface area contributed by atoms with Crippen molar-refractivity contribution in [1.82, 2.24) is 0 Å². The lowest BCUT2D eigenvalue weighted by Crippen LogP contribution is -2.64. The van der Waals surface area contributed by atoms with Crippen LogP contribution in [0.5, 0.6) is 17.2 Å². The van der Waals surface area contributed by atoms with Gasteiger partial charge >= 0.3 is 5.79 Å². The third kappa shape index (κ3) is 2.36. The van der Waals surface area contributed by atoms with E-state index in [9.17, 15) is 9.90 Å². The topological polar surface area (TPSA) is 83.5 Å². The second-order valence-corrected chi connectivity index (χ2v) is 5.67. The van der Waals surface area contributed by atoms with Crippen LogP contribution in [0.3, 0.4) is 0 Å². The summed E-state index contributed by atoms with van der Waals surface area (Å²) >= 11 is 0. The Balaban J connectivity index is 2.26. The van der Waals surface area contributed by atoms with Gasteiger partial charge in [0.25, 0.3) is 5.79 Å². The summed E-state index contributed by atoms with van der Waals surface area (Å²) in [5.74, 6) is -3.88. The van der Waals surface area contributed by atoms with Gasteiger partial charge in [-0.25, -0.2) is 0 Å². The van der Waals surface area contributed by atoms with Crippen LogP contribution in [0.15, 0.2) is 42.5 Å². The predicted octanol–water partition coefficient (Wildman–Crippen LogP) is 2.11. The fourth-order valence-electron chi connectivity index (χ4n) is 3.12. The number of carbonyl (C=O) groups is 1. The molecule has 2 aromatic carbocycles. The Morgan fingerprint density at radius 2 is 1.62 bits per heavy atom. The molecule has 0 aliphatic carbocycles. The van der Waals surface area contributed by atoms with Gasteiger partial charge in [-0.1, -0.05) is 12.1 Å². The maximum atomic E-state index is 13.0. The Morgan fingerprint density at radius 3 is 2.23 bits per heavy atom. The molecule has 0 saturated heterocycles.